The zero-order valence-electron chi connectivity index (χ0n) is 10.8. The number of nitrogens with zero attached hydrogens (tertiary/aromatic N) is 2. The van der Waals surface area contributed by atoms with Crippen molar-refractivity contribution in [2.24, 2.45) is 5.73 Å². The van der Waals surface area contributed by atoms with Gasteiger partial charge in [-0.15, -0.1) is 0 Å². The molecule has 1 aliphatic rings. The smallest absolute Gasteiger partial charge is 0.234 e. The van der Waals surface area contributed by atoms with Crippen molar-refractivity contribution in [2.75, 3.05) is 0 Å². The minimum absolute atomic E-state index is 0.100. The topological polar surface area (TPSA) is 64.9 Å². The first-order valence-electron chi connectivity index (χ1n) is 6.45. The van der Waals surface area contributed by atoms with E-state index < -0.39 is 0 Å². The van der Waals surface area contributed by atoms with Gasteiger partial charge in [-0.25, -0.2) is 0 Å². The van der Waals surface area contributed by atoms with Crippen LogP contribution in [0.5, 0.6) is 0 Å². The van der Waals surface area contributed by atoms with Crippen LogP contribution >= 0.6 is 15.9 Å². The first kappa shape index (κ1) is 12.8. The quantitative estimate of drug-likeness (QED) is 0.921. The average Bonchev–Trinajstić information content (AvgIpc) is 2.99. The van der Waals surface area contributed by atoms with Crippen molar-refractivity contribution >= 4 is 15.9 Å². The maximum Gasteiger partial charge on any atom is 0.234 e. The number of hydrogen-bond acceptors (Lipinski definition) is 4. The van der Waals surface area contributed by atoms with Gasteiger partial charge in [0.05, 0.1) is 5.41 Å². The molecule has 1 aromatic carbocycles. The Kier molecular flexibility index (Phi) is 3.19. The van der Waals surface area contributed by atoms with Crippen molar-refractivity contribution < 1.29 is 4.52 Å². The van der Waals surface area contributed by atoms with Gasteiger partial charge >= 0.3 is 0 Å². The summed E-state index contributed by atoms with van der Waals surface area (Å²) >= 11 is 3.45. The molecule has 0 bridgehead atoms. The molecule has 2 unspecified atom stereocenters. The molecule has 5 heteroatoms. The fourth-order valence-electron chi connectivity index (χ4n) is 2.66. The highest BCUT2D eigenvalue weighted by atomic mass is 79.9. The summed E-state index contributed by atoms with van der Waals surface area (Å²) in [6, 6.07) is 7.97. The van der Waals surface area contributed by atoms with E-state index in [1.54, 1.807) is 0 Å². The second-order valence-corrected chi connectivity index (χ2v) is 6.27. The number of halogens is 1. The monoisotopic (exact) mass is 321 g/mol. The van der Waals surface area contributed by atoms with E-state index in [1.165, 1.54) is 0 Å². The Morgan fingerprint density at radius 1 is 1.47 bits per heavy atom. The third kappa shape index (κ3) is 2.21. The van der Waals surface area contributed by atoms with Crippen LogP contribution in [0.25, 0.3) is 11.4 Å². The minimum atomic E-state index is -0.183. The lowest BCUT2D eigenvalue weighted by atomic mass is 9.85. The molecule has 1 aromatic heterocycles. The van der Waals surface area contributed by atoms with Crippen LogP contribution in [-0.4, -0.2) is 16.2 Å². The van der Waals surface area contributed by atoms with Gasteiger partial charge in [0.2, 0.25) is 11.7 Å². The van der Waals surface area contributed by atoms with Crippen molar-refractivity contribution in [3.63, 3.8) is 0 Å². The Morgan fingerprint density at radius 3 is 3.00 bits per heavy atom. The highest BCUT2D eigenvalue weighted by Crippen LogP contribution is 2.39. The number of nitrogens with two attached hydrogens (primary N) is 1. The van der Waals surface area contributed by atoms with Crippen LogP contribution in [0, 0.1) is 0 Å². The van der Waals surface area contributed by atoms with Gasteiger partial charge in [-0.05, 0) is 31.9 Å². The number of aromatic nitrogens is 2. The van der Waals surface area contributed by atoms with E-state index in [9.17, 15) is 0 Å². The van der Waals surface area contributed by atoms with Crippen molar-refractivity contribution in [1.29, 1.82) is 0 Å². The molecule has 1 fully saturated rings. The molecule has 19 heavy (non-hydrogen) atoms. The Hall–Kier alpha value is -1.20. The molecule has 2 aromatic rings. The number of hydrogen-bond donors (Lipinski definition) is 1. The van der Waals surface area contributed by atoms with Crippen molar-refractivity contribution in [1.82, 2.24) is 10.1 Å². The van der Waals surface area contributed by atoms with E-state index in [-0.39, 0.29) is 11.5 Å². The fraction of sp³-hybridized carbons (Fsp3) is 0.429. The zero-order valence-corrected chi connectivity index (χ0v) is 12.4. The highest BCUT2D eigenvalue weighted by Gasteiger charge is 2.42. The Morgan fingerprint density at radius 2 is 2.32 bits per heavy atom. The molecular formula is C14H16BrN3O. The third-order valence-electron chi connectivity index (χ3n) is 4.03. The van der Waals surface area contributed by atoms with E-state index in [0.717, 1.165) is 29.3 Å². The van der Waals surface area contributed by atoms with Crippen LogP contribution in [0.1, 0.15) is 32.1 Å². The standard InChI is InChI=1S/C14H16BrN3O/c1-14(7-3-6-11(14)16)13-17-12(18-19-13)9-4-2-5-10(15)8-9/h2,4-5,8,11H,3,6-7,16H2,1H3. The van der Waals surface area contributed by atoms with Gasteiger partial charge in [0.1, 0.15) is 0 Å². The molecule has 0 aliphatic heterocycles. The van der Waals surface area contributed by atoms with E-state index >= 15 is 0 Å². The largest absolute Gasteiger partial charge is 0.338 e. The molecule has 100 valence electrons. The Balaban J connectivity index is 1.96. The average molecular weight is 322 g/mol. The molecule has 1 heterocycles. The van der Waals surface area contributed by atoms with Gasteiger partial charge in [0.15, 0.2) is 0 Å². The predicted molar refractivity (Wildman–Crippen MR) is 76.6 cm³/mol. The maximum absolute atomic E-state index is 6.18. The molecule has 0 radical (unpaired) electrons. The van der Waals surface area contributed by atoms with Crippen LogP contribution in [0.4, 0.5) is 0 Å². The van der Waals surface area contributed by atoms with Gasteiger partial charge in [-0.2, -0.15) is 4.98 Å². The van der Waals surface area contributed by atoms with Crippen LogP contribution in [0.3, 0.4) is 0 Å². The van der Waals surface area contributed by atoms with Gasteiger partial charge in [0, 0.05) is 16.1 Å². The molecule has 4 nitrogen and oxygen atoms in total. The summed E-state index contributed by atoms with van der Waals surface area (Å²) < 4.78 is 6.46. The van der Waals surface area contributed by atoms with Crippen molar-refractivity contribution in [2.45, 2.75) is 37.6 Å². The summed E-state index contributed by atoms with van der Waals surface area (Å²) in [4.78, 5) is 4.55. The predicted octanol–water partition coefficient (Wildman–Crippen LogP) is 3.27. The van der Waals surface area contributed by atoms with Crippen LogP contribution in [0.2, 0.25) is 0 Å². The summed E-state index contributed by atoms with van der Waals surface area (Å²) in [5.41, 5.74) is 6.94. The summed E-state index contributed by atoms with van der Waals surface area (Å²) in [5, 5.41) is 4.09. The summed E-state index contributed by atoms with van der Waals surface area (Å²) in [7, 11) is 0. The molecule has 3 rings (SSSR count). The second kappa shape index (κ2) is 4.72. The molecule has 2 N–H and O–H groups in total. The van der Waals surface area contributed by atoms with Gasteiger partial charge in [-0.1, -0.05) is 39.6 Å². The van der Waals surface area contributed by atoms with E-state index in [1.807, 2.05) is 24.3 Å². The van der Waals surface area contributed by atoms with Gasteiger partial charge < -0.3 is 10.3 Å². The summed E-state index contributed by atoms with van der Waals surface area (Å²) in [5.74, 6) is 1.28. The summed E-state index contributed by atoms with van der Waals surface area (Å²) in [6.45, 7) is 2.11. The normalized spacial score (nSPS) is 26.8. The lowest BCUT2D eigenvalue weighted by Gasteiger charge is -2.23. The van der Waals surface area contributed by atoms with Crippen LogP contribution in [0.15, 0.2) is 33.3 Å². The molecule has 0 spiro atoms. The first-order chi connectivity index (χ1) is 9.09. The van der Waals surface area contributed by atoms with E-state index in [0.29, 0.717) is 11.7 Å². The minimum Gasteiger partial charge on any atom is -0.338 e. The molecule has 0 saturated heterocycles. The van der Waals surface area contributed by atoms with E-state index in [2.05, 4.69) is 33.0 Å². The van der Waals surface area contributed by atoms with Crippen LogP contribution < -0.4 is 5.73 Å². The first-order valence-corrected chi connectivity index (χ1v) is 7.24. The SMILES string of the molecule is CC1(c2nc(-c3cccc(Br)c3)no2)CCCC1N. The summed E-state index contributed by atoms with van der Waals surface area (Å²) in [6.07, 6.45) is 3.14. The highest BCUT2D eigenvalue weighted by molar-refractivity contribution is 9.10. The molecule has 2 atom stereocenters. The second-order valence-electron chi connectivity index (χ2n) is 5.35. The fourth-order valence-corrected chi connectivity index (χ4v) is 3.06. The molecule has 1 saturated carbocycles. The number of rotatable bonds is 2. The molecule has 0 amide bonds. The number of benzene rings is 1. The van der Waals surface area contributed by atoms with Gasteiger partial charge in [-0.3, -0.25) is 0 Å². The third-order valence-corrected chi connectivity index (χ3v) is 4.52. The van der Waals surface area contributed by atoms with Crippen molar-refractivity contribution in [3.8, 4) is 11.4 Å². The van der Waals surface area contributed by atoms with Gasteiger partial charge in [0.25, 0.3) is 0 Å². The lowest BCUT2D eigenvalue weighted by molar-refractivity contribution is 0.278. The lowest BCUT2D eigenvalue weighted by Crippen LogP contribution is -2.38. The zero-order chi connectivity index (χ0) is 13.5. The Bertz CT molecular complexity index is 598. The molecular weight excluding hydrogens is 306 g/mol. The Labute approximate surface area is 120 Å². The van der Waals surface area contributed by atoms with Crippen LogP contribution in [-0.2, 0) is 5.41 Å². The van der Waals surface area contributed by atoms with Crippen molar-refractivity contribution in [3.05, 3.63) is 34.6 Å². The maximum atomic E-state index is 6.18. The van der Waals surface area contributed by atoms with E-state index in [4.69, 9.17) is 10.3 Å². The molecule has 1 aliphatic carbocycles.